The van der Waals surface area contributed by atoms with Crippen LogP contribution in [0.1, 0.15) is 24.1 Å². The number of ether oxygens (including phenoxy) is 1. The van der Waals surface area contributed by atoms with Crippen molar-refractivity contribution in [1.82, 2.24) is 14.8 Å². The van der Waals surface area contributed by atoms with Gasteiger partial charge in [-0.3, -0.25) is 14.5 Å². The third-order valence-corrected chi connectivity index (χ3v) is 6.25. The number of amides is 1. The Morgan fingerprint density at radius 1 is 1.13 bits per heavy atom. The molecule has 0 spiro atoms. The third-order valence-electron chi connectivity index (χ3n) is 5.92. The zero-order valence-corrected chi connectivity index (χ0v) is 17.9. The summed E-state index contributed by atoms with van der Waals surface area (Å²) in [4.78, 5) is 27.7. The van der Waals surface area contributed by atoms with E-state index in [4.69, 9.17) is 16.3 Å². The molecule has 160 valence electrons. The minimum atomic E-state index is -0.144. The van der Waals surface area contributed by atoms with Gasteiger partial charge in [0.1, 0.15) is 6.54 Å². The van der Waals surface area contributed by atoms with E-state index in [0.717, 1.165) is 80.9 Å². The van der Waals surface area contributed by atoms with Crippen LogP contribution in [-0.4, -0.2) is 54.8 Å². The van der Waals surface area contributed by atoms with Crippen LogP contribution in [-0.2, 0) is 28.9 Å². The Morgan fingerprint density at radius 3 is 2.73 bits per heavy atom. The zero-order valence-electron chi connectivity index (χ0n) is 17.2. The molecule has 1 N–H and O–H groups in total. The Hall–Kier alpha value is -2.15. The minimum Gasteiger partial charge on any atom is -0.379 e. The topological polar surface area (TPSA) is 63.6 Å². The molecular formula is C23H28ClN3O3. The molecule has 0 unspecified atom stereocenters. The largest absolute Gasteiger partial charge is 0.379 e. The van der Waals surface area contributed by atoms with Crippen LogP contribution in [0.5, 0.6) is 0 Å². The monoisotopic (exact) mass is 429 g/mol. The second-order valence-corrected chi connectivity index (χ2v) is 8.31. The lowest BCUT2D eigenvalue weighted by atomic mass is 9.99. The number of hydrogen-bond donors (Lipinski definition) is 1. The predicted octanol–water partition coefficient (Wildman–Crippen LogP) is 2.50. The molecule has 0 bridgehead atoms. The van der Waals surface area contributed by atoms with E-state index in [2.05, 4.69) is 10.2 Å². The van der Waals surface area contributed by atoms with Crippen LogP contribution in [0.25, 0.3) is 11.1 Å². The Morgan fingerprint density at radius 2 is 1.93 bits per heavy atom. The number of nitrogens with one attached hydrogen (secondary N) is 1. The molecule has 1 aliphatic heterocycles. The van der Waals surface area contributed by atoms with Crippen molar-refractivity contribution < 1.29 is 9.53 Å². The van der Waals surface area contributed by atoms with E-state index in [9.17, 15) is 9.59 Å². The van der Waals surface area contributed by atoms with Crippen molar-refractivity contribution in [3.8, 4) is 11.1 Å². The SMILES string of the molecule is O=C(Cn1c2c(c(-c3ccccc3Cl)cc1=O)CCC2)NCCCN1CCOCC1. The maximum absolute atomic E-state index is 12.9. The first-order valence-corrected chi connectivity index (χ1v) is 11.1. The van der Waals surface area contributed by atoms with E-state index in [1.54, 1.807) is 10.6 Å². The molecule has 2 aromatic rings. The fourth-order valence-electron chi connectivity index (χ4n) is 4.39. The summed E-state index contributed by atoms with van der Waals surface area (Å²) in [5.41, 5.74) is 3.76. The van der Waals surface area contributed by atoms with Gasteiger partial charge < -0.3 is 14.6 Å². The Bertz CT molecular complexity index is 967. The first-order valence-electron chi connectivity index (χ1n) is 10.7. The number of pyridine rings is 1. The van der Waals surface area contributed by atoms with Crippen molar-refractivity contribution in [1.29, 1.82) is 0 Å². The summed E-state index contributed by atoms with van der Waals surface area (Å²) in [6.07, 6.45) is 3.59. The highest BCUT2D eigenvalue weighted by Crippen LogP contribution is 2.34. The summed E-state index contributed by atoms with van der Waals surface area (Å²) >= 11 is 6.38. The number of hydrogen-bond acceptors (Lipinski definition) is 4. The van der Waals surface area contributed by atoms with Gasteiger partial charge >= 0.3 is 0 Å². The van der Waals surface area contributed by atoms with E-state index < -0.39 is 0 Å². The van der Waals surface area contributed by atoms with Gasteiger partial charge in [0, 0.05) is 42.0 Å². The van der Waals surface area contributed by atoms with E-state index in [0.29, 0.717) is 11.6 Å². The van der Waals surface area contributed by atoms with Crippen LogP contribution in [0.2, 0.25) is 5.02 Å². The van der Waals surface area contributed by atoms with Crippen LogP contribution in [0, 0.1) is 0 Å². The Labute approximate surface area is 181 Å². The number of carbonyl (C=O) groups is 1. The number of rotatable bonds is 7. The van der Waals surface area contributed by atoms with E-state index in [1.807, 2.05) is 24.3 Å². The molecule has 7 heteroatoms. The average Bonchev–Trinajstić information content (AvgIpc) is 3.24. The summed E-state index contributed by atoms with van der Waals surface area (Å²) in [7, 11) is 0. The third kappa shape index (κ3) is 4.77. The first-order chi connectivity index (χ1) is 14.6. The second kappa shape index (κ2) is 9.77. The van der Waals surface area contributed by atoms with E-state index in [-0.39, 0.29) is 18.0 Å². The molecule has 2 aliphatic rings. The summed E-state index contributed by atoms with van der Waals surface area (Å²) in [5.74, 6) is -0.112. The van der Waals surface area contributed by atoms with Gasteiger partial charge in [-0.15, -0.1) is 0 Å². The zero-order chi connectivity index (χ0) is 20.9. The van der Waals surface area contributed by atoms with Gasteiger partial charge in [-0.05, 0) is 49.4 Å². The molecule has 1 fully saturated rings. The molecule has 4 rings (SSSR count). The second-order valence-electron chi connectivity index (χ2n) is 7.90. The van der Waals surface area contributed by atoms with Gasteiger partial charge in [0.25, 0.3) is 5.56 Å². The van der Waals surface area contributed by atoms with Crippen LogP contribution >= 0.6 is 11.6 Å². The van der Waals surface area contributed by atoms with Crippen molar-refractivity contribution >= 4 is 17.5 Å². The smallest absolute Gasteiger partial charge is 0.251 e. The van der Waals surface area contributed by atoms with Crippen LogP contribution in [0.3, 0.4) is 0 Å². The molecule has 1 saturated heterocycles. The quantitative estimate of drug-likeness (QED) is 0.687. The highest BCUT2D eigenvalue weighted by molar-refractivity contribution is 6.33. The summed E-state index contributed by atoms with van der Waals surface area (Å²) in [6, 6.07) is 9.24. The first kappa shape index (κ1) is 21.1. The fraction of sp³-hybridized carbons (Fsp3) is 0.478. The molecule has 0 radical (unpaired) electrons. The molecule has 6 nitrogen and oxygen atoms in total. The van der Waals surface area contributed by atoms with Crippen molar-refractivity contribution in [2.75, 3.05) is 39.4 Å². The molecule has 2 heterocycles. The number of aromatic nitrogens is 1. The number of halogens is 1. The number of benzene rings is 1. The molecule has 30 heavy (non-hydrogen) atoms. The lowest BCUT2D eigenvalue weighted by molar-refractivity contribution is -0.121. The number of fused-ring (bicyclic) bond motifs is 1. The average molecular weight is 430 g/mol. The van der Waals surface area contributed by atoms with Crippen molar-refractivity contribution in [2.24, 2.45) is 0 Å². The molecule has 1 aromatic heterocycles. The molecular weight excluding hydrogens is 402 g/mol. The Kier molecular flexibility index (Phi) is 6.87. The summed E-state index contributed by atoms with van der Waals surface area (Å²) in [6.45, 7) is 5.10. The Balaban J connectivity index is 1.42. The molecule has 1 aliphatic carbocycles. The fourth-order valence-corrected chi connectivity index (χ4v) is 4.62. The number of carbonyl (C=O) groups excluding carboxylic acids is 1. The van der Waals surface area contributed by atoms with Gasteiger partial charge in [0.05, 0.1) is 13.2 Å². The highest BCUT2D eigenvalue weighted by atomic mass is 35.5. The molecule has 0 saturated carbocycles. The number of morpholine rings is 1. The van der Waals surface area contributed by atoms with E-state index in [1.165, 1.54) is 0 Å². The maximum Gasteiger partial charge on any atom is 0.251 e. The predicted molar refractivity (Wildman–Crippen MR) is 118 cm³/mol. The lowest BCUT2D eigenvalue weighted by Gasteiger charge is -2.26. The lowest BCUT2D eigenvalue weighted by Crippen LogP contribution is -2.39. The van der Waals surface area contributed by atoms with Crippen molar-refractivity contribution in [3.63, 3.8) is 0 Å². The maximum atomic E-state index is 12.9. The highest BCUT2D eigenvalue weighted by Gasteiger charge is 2.23. The van der Waals surface area contributed by atoms with Crippen LogP contribution in [0.15, 0.2) is 35.1 Å². The molecule has 1 aromatic carbocycles. The van der Waals surface area contributed by atoms with Crippen LogP contribution in [0.4, 0.5) is 0 Å². The molecule has 0 atom stereocenters. The minimum absolute atomic E-state index is 0.0710. The molecule has 1 amide bonds. The summed E-state index contributed by atoms with van der Waals surface area (Å²) in [5, 5.41) is 3.61. The van der Waals surface area contributed by atoms with Gasteiger partial charge in [-0.1, -0.05) is 29.8 Å². The van der Waals surface area contributed by atoms with Gasteiger partial charge in [0.2, 0.25) is 5.91 Å². The van der Waals surface area contributed by atoms with Gasteiger partial charge in [-0.2, -0.15) is 0 Å². The van der Waals surface area contributed by atoms with Crippen LogP contribution < -0.4 is 10.9 Å². The van der Waals surface area contributed by atoms with Crippen molar-refractivity contribution in [3.05, 3.63) is 57.0 Å². The number of nitrogens with zero attached hydrogens (tertiary/aromatic N) is 2. The van der Waals surface area contributed by atoms with Gasteiger partial charge in [-0.25, -0.2) is 0 Å². The van der Waals surface area contributed by atoms with Crippen molar-refractivity contribution in [2.45, 2.75) is 32.2 Å². The van der Waals surface area contributed by atoms with Gasteiger partial charge in [0.15, 0.2) is 0 Å². The normalized spacial score (nSPS) is 16.4. The standard InChI is InChI=1S/C23H28ClN3O3/c24-20-7-2-1-5-17(20)19-15-23(29)27(21-8-3-6-18(19)21)16-22(28)25-9-4-10-26-11-13-30-14-12-26/h1-2,5,7,15H,3-4,6,8-14,16H2,(H,25,28). The van der Waals surface area contributed by atoms with E-state index >= 15 is 0 Å². The summed E-state index contributed by atoms with van der Waals surface area (Å²) < 4.78 is 6.99.